The van der Waals surface area contributed by atoms with E-state index >= 15 is 0 Å². The van der Waals surface area contributed by atoms with Crippen LogP contribution in [0.3, 0.4) is 0 Å². The number of benzene rings is 1. The van der Waals surface area contributed by atoms with Crippen LogP contribution in [-0.2, 0) is 0 Å². The van der Waals surface area contributed by atoms with Crippen molar-refractivity contribution in [2.45, 2.75) is 25.8 Å². The smallest absolute Gasteiger partial charge is 0.0478 e. The maximum absolute atomic E-state index is 4.68. The van der Waals surface area contributed by atoms with Crippen LogP contribution >= 0.6 is 0 Å². The first kappa shape index (κ1) is 8.72. The van der Waals surface area contributed by atoms with Crippen molar-refractivity contribution in [3.05, 3.63) is 36.0 Å². The Hall–Kier alpha value is -1.57. The van der Waals surface area contributed by atoms with Gasteiger partial charge in [0, 0.05) is 34.4 Å². The highest BCUT2D eigenvalue weighted by molar-refractivity contribution is 6.11. The zero-order valence-electron chi connectivity index (χ0n) is 8.83. The molecule has 15 heavy (non-hydrogen) atoms. The third-order valence-corrected chi connectivity index (χ3v) is 3.08. The number of nitrogens with zero attached hydrogens (tertiary/aromatic N) is 1. The summed E-state index contributed by atoms with van der Waals surface area (Å²) in [6.45, 7) is 2.18. The zero-order chi connectivity index (χ0) is 10.3. The summed E-state index contributed by atoms with van der Waals surface area (Å²) in [6, 6.07) is 8.90. The zero-order valence-corrected chi connectivity index (χ0v) is 8.83. The predicted molar refractivity (Wildman–Crippen MR) is 63.5 cm³/mol. The Morgan fingerprint density at radius 3 is 3.00 bits per heavy atom. The minimum Gasteiger partial charge on any atom is -0.360 e. The van der Waals surface area contributed by atoms with E-state index < -0.39 is 0 Å². The molecule has 2 aromatic rings. The van der Waals surface area contributed by atoms with E-state index in [0.29, 0.717) is 6.04 Å². The van der Waals surface area contributed by atoms with Gasteiger partial charge in [0.25, 0.3) is 0 Å². The number of aliphatic imine (C=N–C) groups is 1. The number of H-pyrrole nitrogens is 1. The van der Waals surface area contributed by atoms with Gasteiger partial charge in [-0.1, -0.05) is 18.2 Å². The summed E-state index contributed by atoms with van der Waals surface area (Å²) in [6.07, 6.45) is 4.39. The van der Waals surface area contributed by atoms with Gasteiger partial charge >= 0.3 is 0 Å². The molecule has 1 aromatic carbocycles. The molecule has 2 heteroatoms. The Labute approximate surface area is 89.0 Å². The van der Waals surface area contributed by atoms with Gasteiger partial charge in [0.05, 0.1) is 0 Å². The lowest BCUT2D eigenvalue weighted by Crippen LogP contribution is -1.93. The molecule has 1 atom stereocenters. The van der Waals surface area contributed by atoms with E-state index in [9.17, 15) is 0 Å². The summed E-state index contributed by atoms with van der Waals surface area (Å²) in [7, 11) is 0. The Bertz CT molecular complexity index is 522. The molecule has 0 saturated carbocycles. The molecule has 0 aliphatic carbocycles. The number of hydrogen-bond donors (Lipinski definition) is 1. The predicted octanol–water partition coefficient (Wildman–Crippen LogP) is 3.14. The quantitative estimate of drug-likeness (QED) is 0.729. The second kappa shape index (κ2) is 3.23. The number of rotatable bonds is 1. The second-order valence-electron chi connectivity index (χ2n) is 4.21. The van der Waals surface area contributed by atoms with Gasteiger partial charge in [-0.25, -0.2) is 0 Å². The number of aromatic nitrogens is 1. The molecular weight excluding hydrogens is 184 g/mol. The highest BCUT2D eigenvalue weighted by Gasteiger charge is 2.17. The van der Waals surface area contributed by atoms with Crippen LogP contribution in [0, 0.1) is 0 Å². The molecule has 0 fully saturated rings. The lowest BCUT2D eigenvalue weighted by atomic mass is 10.1. The molecule has 1 aliphatic heterocycles. The average molecular weight is 198 g/mol. The molecule has 0 radical (unpaired) electrons. The van der Waals surface area contributed by atoms with E-state index in [2.05, 4.69) is 47.4 Å². The van der Waals surface area contributed by atoms with Crippen molar-refractivity contribution in [1.82, 2.24) is 4.98 Å². The van der Waals surface area contributed by atoms with Crippen LogP contribution < -0.4 is 0 Å². The Kier molecular flexibility index (Phi) is 1.88. The lowest BCUT2D eigenvalue weighted by Gasteiger charge is -1.96. The van der Waals surface area contributed by atoms with Crippen molar-refractivity contribution in [3.63, 3.8) is 0 Å². The van der Waals surface area contributed by atoms with Gasteiger partial charge in [-0.2, -0.15) is 0 Å². The van der Waals surface area contributed by atoms with Gasteiger partial charge in [0.2, 0.25) is 0 Å². The molecule has 76 valence electrons. The first-order valence-electron chi connectivity index (χ1n) is 5.48. The molecule has 1 aromatic heterocycles. The minimum absolute atomic E-state index is 0.494. The standard InChI is InChI=1S/C13H14N2/c1-9-6-7-13(15-9)11-8-14-12-5-3-2-4-10(11)12/h2-5,8-9,14H,6-7H2,1H3/t9-/m1/s1. The number of nitrogens with one attached hydrogen (secondary N) is 1. The maximum Gasteiger partial charge on any atom is 0.0478 e. The summed E-state index contributed by atoms with van der Waals surface area (Å²) < 4.78 is 0. The Morgan fingerprint density at radius 2 is 2.20 bits per heavy atom. The van der Waals surface area contributed by atoms with Crippen LogP contribution in [0.15, 0.2) is 35.5 Å². The van der Waals surface area contributed by atoms with E-state index in [1.165, 1.54) is 28.6 Å². The maximum atomic E-state index is 4.68. The van der Waals surface area contributed by atoms with Crippen molar-refractivity contribution in [1.29, 1.82) is 0 Å². The fraction of sp³-hybridized carbons (Fsp3) is 0.308. The van der Waals surface area contributed by atoms with Gasteiger partial charge in [-0.15, -0.1) is 0 Å². The highest BCUT2D eigenvalue weighted by Crippen LogP contribution is 2.24. The van der Waals surface area contributed by atoms with Crippen LogP contribution in [0.1, 0.15) is 25.3 Å². The van der Waals surface area contributed by atoms with Gasteiger partial charge in [-0.3, -0.25) is 4.99 Å². The molecule has 0 bridgehead atoms. The third-order valence-electron chi connectivity index (χ3n) is 3.08. The minimum atomic E-state index is 0.494. The number of para-hydroxylation sites is 1. The Balaban J connectivity index is 2.15. The number of fused-ring (bicyclic) bond motifs is 1. The molecule has 3 rings (SSSR count). The summed E-state index contributed by atoms with van der Waals surface area (Å²) in [5, 5.41) is 1.30. The SMILES string of the molecule is C[C@@H]1CCC(c2c[nH]c3ccccc23)=N1. The molecule has 2 nitrogen and oxygen atoms in total. The number of aromatic amines is 1. The largest absolute Gasteiger partial charge is 0.360 e. The van der Waals surface area contributed by atoms with Crippen LogP contribution in [-0.4, -0.2) is 16.7 Å². The van der Waals surface area contributed by atoms with Crippen molar-refractivity contribution in [2.24, 2.45) is 4.99 Å². The topological polar surface area (TPSA) is 28.1 Å². The molecule has 0 unspecified atom stereocenters. The van der Waals surface area contributed by atoms with Gasteiger partial charge in [0.1, 0.15) is 0 Å². The van der Waals surface area contributed by atoms with E-state index in [1.807, 2.05) is 0 Å². The molecule has 0 saturated heterocycles. The summed E-state index contributed by atoms with van der Waals surface area (Å²) in [5.41, 5.74) is 3.75. The van der Waals surface area contributed by atoms with E-state index in [0.717, 1.165) is 6.42 Å². The number of hydrogen-bond acceptors (Lipinski definition) is 1. The van der Waals surface area contributed by atoms with Gasteiger partial charge in [-0.05, 0) is 25.8 Å². The monoisotopic (exact) mass is 198 g/mol. The first-order valence-corrected chi connectivity index (χ1v) is 5.48. The van der Waals surface area contributed by atoms with Crippen LogP contribution in [0.5, 0.6) is 0 Å². The molecule has 2 heterocycles. The average Bonchev–Trinajstić information content (AvgIpc) is 2.83. The molecule has 0 amide bonds. The summed E-state index contributed by atoms with van der Waals surface area (Å²) >= 11 is 0. The molecule has 1 aliphatic rings. The van der Waals surface area contributed by atoms with E-state index in [4.69, 9.17) is 0 Å². The highest BCUT2D eigenvalue weighted by atomic mass is 14.8. The molecule has 0 spiro atoms. The lowest BCUT2D eigenvalue weighted by molar-refractivity contribution is 0.739. The van der Waals surface area contributed by atoms with Crippen molar-refractivity contribution in [3.8, 4) is 0 Å². The second-order valence-corrected chi connectivity index (χ2v) is 4.21. The molecular formula is C13H14N2. The first-order chi connectivity index (χ1) is 7.34. The van der Waals surface area contributed by atoms with Crippen LogP contribution in [0.2, 0.25) is 0 Å². The third kappa shape index (κ3) is 1.37. The van der Waals surface area contributed by atoms with Crippen molar-refractivity contribution >= 4 is 16.6 Å². The Morgan fingerprint density at radius 1 is 1.33 bits per heavy atom. The fourth-order valence-corrected chi connectivity index (χ4v) is 2.26. The van der Waals surface area contributed by atoms with Crippen molar-refractivity contribution < 1.29 is 0 Å². The normalized spacial score (nSPS) is 20.9. The summed E-state index contributed by atoms with van der Waals surface area (Å²) in [4.78, 5) is 7.98. The van der Waals surface area contributed by atoms with Gasteiger partial charge in [0.15, 0.2) is 0 Å². The van der Waals surface area contributed by atoms with Crippen molar-refractivity contribution in [2.75, 3.05) is 0 Å². The van der Waals surface area contributed by atoms with Crippen LogP contribution in [0.4, 0.5) is 0 Å². The fourth-order valence-electron chi connectivity index (χ4n) is 2.26. The van der Waals surface area contributed by atoms with Crippen LogP contribution in [0.25, 0.3) is 10.9 Å². The van der Waals surface area contributed by atoms with E-state index in [1.54, 1.807) is 0 Å². The summed E-state index contributed by atoms with van der Waals surface area (Å²) in [5.74, 6) is 0. The van der Waals surface area contributed by atoms with E-state index in [-0.39, 0.29) is 0 Å². The van der Waals surface area contributed by atoms with Gasteiger partial charge < -0.3 is 4.98 Å². The molecule has 1 N–H and O–H groups in total.